The summed E-state index contributed by atoms with van der Waals surface area (Å²) in [6, 6.07) is 10.1. The maximum absolute atomic E-state index is 14.4. The number of fused-ring (bicyclic) bond motifs is 2. The van der Waals surface area contributed by atoms with Crippen molar-refractivity contribution in [3.8, 4) is 0 Å². The average molecular weight is 400 g/mol. The Morgan fingerprint density at radius 1 is 1.32 bits per heavy atom. The molecule has 0 radical (unpaired) electrons. The van der Waals surface area contributed by atoms with Crippen LogP contribution in [0.25, 0.3) is 10.8 Å². The van der Waals surface area contributed by atoms with Crippen molar-refractivity contribution < 1.29 is 9.18 Å². The lowest BCUT2D eigenvalue weighted by molar-refractivity contribution is -0.131. The Kier molecular flexibility index (Phi) is 4.81. The molecule has 0 aliphatic carbocycles. The molecule has 28 heavy (non-hydrogen) atoms. The van der Waals surface area contributed by atoms with Crippen LogP contribution in [0.3, 0.4) is 0 Å². The molecule has 1 atom stereocenters. The van der Waals surface area contributed by atoms with Gasteiger partial charge in [-0.2, -0.15) is 0 Å². The van der Waals surface area contributed by atoms with Crippen LogP contribution in [0, 0.1) is 5.82 Å². The average Bonchev–Trinajstić information content (AvgIpc) is 2.67. The summed E-state index contributed by atoms with van der Waals surface area (Å²) in [5, 5.41) is 4.45. The molecule has 1 aromatic heterocycles. The highest BCUT2D eigenvalue weighted by Gasteiger charge is 2.27. The van der Waals surface area contributed by atoms with Crippen molar-refractivity contribution in [3.05, 3.63) is 74.9 Å². The van der Waals surface area contributed by atoms with Gasteiger partial charge in [-0.15, -0.1) is 0 Å². The number of hydrogen-bond donors (Lipinski definition) is 2. The number of hydrogen-bond acceptors (Lipinski definition) is 3. The molecule has 0 saturated carbocycles. The van der Waals surface area contributed by atoms with Gasteiger partial charge < -0.3 is 15.2 Å². The third-order valence-corrected chi connectivity index (χ3v) is 5.49. The molecule has 1 amide bonds. The Hall–Kier alpha value is -2.86. The van der Waals surface area contributed by atoms with Gasteiger partial charge in [0, 0.05) is 17.8 Å². The number of nitrogens with zero attached hydrogens (tertiary/aromatic N) is 1. The Morgan fingerprint density at radius 2 is 2.14 bits per heavy atom. The second-order valence-electron chi connectivity index (χ2n) is 6.94. The van der Waals surface area contributed by atoms with Gasteiger partial charge >= 0.3 is 0 Å². The molecule has 144 valence electrons. The van der Waals surface area contributed by atoms with E-state index in [2.05, 4.69) is 10.3 Å². The lowest BCUT2D eigenvalue weighted by atomic mass is 9.93. The normalized spacial score (nSPS) is 16.1. The second kappa shape index (κ2) is 7.28. The van der Waals surface area contributed by atoms with Crippen LogP contribution >= 0.6 is 11.6 Å². The topological polar surface area (TPSA) is 65.2 Å². The van der Waals surface area contributed by atoms with Gasteiger partial charge in [0.1, 0.15) is 5.82 Å². The number of carbonyl (C=O) groups excluding carboxylic acids is 1. The molecular weight excluding hydrogens is 381 g/mol. The van der Waals surface area contributed by atoms with E-state index >= 15 is 0 Å². The molecule has 1 aliphatic heterocycles. The molecule has 1 aliphatic rings. The van der Waals surface area contributed by atoms with Gasteiger partial charge in [0.25, 0.3) is 5.56 Å². The van der Waals surface area contributed by atoms with Crippen molar-refractivity contribution >= 4 is 34.0 Å². The minimum Gasteiger partial charge on any atom is -0.374 e. The summed E-state index contributed by atoms with van der Waals surface area (Å²) >= 11 is 6.06. The fraction of sp³-hybridized carbons (Fsp3) is 0.238. The molecule has 0 bridgehead atoms. The van der Waals surface area contributed by atoms with E-state index in [4.69, 9.17) is 11.6 Å². The van der Waals surface area contributed by atoms with Crippen LogP contribution < -0.4 is 10.9 Å². The number of H-pyrrole nitrogens is 1. The maximum atomic E-state index is 14.4. The molecule has 2 N–H and O–H groups in total. The van der Waals surface area contributed by atoms with Gasteiger partial charge in [0.2, 0.25) is 5.91 Å². The van der Waals surface area contributed by atoms with Crippen molar-refractivity contribution in [3.63, 3.8) is 0 Å². The monoisotopic (exact) mass is 399 g/mol. The molecule has 0 saturated heterocycles. The quantitative estimate of drug-likeness (QED) is 0.702. The standard InChI is InChI=1S/C21H19ClFN3O2/c1-12-16-3-2-15(22)8-14(16)5-7-26(12)20(27)11-25-19-9-13-4-6-24-21(28)17(13)10-18(19)23/h2-4,6,8-10,12,25H,5,7,11H2,1H3,(H,24,28)/t12-/m0/s1. The van der Waals surface area contributed by atoms with Crippen LogP contribution in [0.1, 0.15) is 24.1 Å². The van der Waals surface area contributed by atoms with E-state index in [1.165, 1.54) is 12.3 Å². The summed E-state index contributed by atoms with van der Waals surface area (Å²) in [6.07, 6.45) is 2.25. The van der Waals surface area contributed by atoms with Gasteiger partial charge in [0.05, 0.1) is 23.7 Å². The van der Waals surface area contributed by atoms with Crippen molar-refractivity contribution in [2.24, 2.45) is 0 Å². The second-order valence-corrected chi connectivity index (χ2v) is 7.37. The zero-order valence-corrected chi connectivity index (χ0v) is 16.0. The Labute approximate surface area is 166 Å². The summed E-state index contributed by atoms with van der Waals surface area (Å²) in [7, 11) is 0. The molecule has 0 unspecified atom stereocenters. The molecule has 3 aromatic rings. The zero-order chi connectivity index (χ0) is 19.8. The number of pyridine rings is 1. The van der Waals surface area contributed by atoms with Gasteiger partial charge in [-0.05, 0) is 60.2 Å². The third-order valence-electron chi connectivity index (χ3n) is 5.26. The predicted octanol–water partition coefficient (Wildman–Crippen LogP) is 3.88. The van der Waals surface area contributed by atoms with E-state index in [9.17, 15) is 14.0 Å². The number of benzene rings is 2. The number of nitrogens with one attached hydrogen (secondary N) is 2. The fourth-order valence-corrected chi connectivity index (χ4v) is 3.95. The van der Waals surface area contributed by atoms with E-state index in [-0.39, 0.29) is 35.1 Å². The molecule has 2 aromatic carbocycles. The number of carbonyl (C=O) groups is 1. The smallest absolute Gasteiger partial charge is 0.255 e. The van der Waals surface area contributed by atoms with Crippen LogP contribution in [0.4, 0.5) is 10.1 Å². The molecule has 7 heteroatoms. The highest BCUT2D eigenvalue weighted by molar-refractivity contribution is 6.30. The summed E-state index contributed by atoms with van der Waals surface area (Å²) in [5.74, 6) is -0.679. The van der Waals surface area contributed by atoms with E-state index in [1.54, 1.807) is 17.0 Å². The van der Waals surface area contributed by atoms with E-state index < -0.39 is 5.82 Å². The Balaban J connectivity index is 1.50. The first-order chi connectivity index (χ1) is 13.4. The molecule has 2 heterocycles. The summed E-state index contributed by atoms with van der Waals surface area (Å²) in [5.41, 5.74) is 2.09. The molecule has 0 spiro atoms. The summed E-state index contributed by atoms with van der Waals surface area (Å²) in [6.45, 7) is 2.54. The number of aromatic nitrogens is 1. The minimum absolute atomic E-state index is 0.0289. The van der Waals surface area contributed by atoms with E-state index in [1.807, 2.05) is 25.1 Å². The fourth-order valence-electron chi connectivity index (χ4n) is 3.76. The van der Waals surface area contributed by atoms with Crippen molar-refractivity contribution in [1.29, 1.82) is 0 Å². The van der Waals surface area contributed by atoms with Crippen LogP contribution in [0.5, 0.6) is 0 Å². The summed E-state index contributed by atoms with van der Waals surface area (Å²) < 4.78 is 14.4. The van der Waals surface area contributed by atoms with Crippen LogP contribution in [-0.4, -0.2) is 28.9 Å². The van der Waals surface area contributed by atoms with Crippen molar-refractivity contribution in [2.45, 2.75) is 19.4 Å². The molecular formula is C21H19ClFN3O2. The SMILES string of the molecule is C[C@H]1c2ccc(Cl)cc2CCN1C(=O)CNc1cc2cc[nH]c(=O)c2cc1F. The van der Waals surface area contributed by atoms with Crippen LogP contribution in [0.15, 0.2) is 47.4 Å². The summed E-state index contributed by atoms with van der Waals surface area (Å²) in [4.78, 5) is 28.8. The number of halogens is 2. The van der Waals surface area contributed by atoms with Crippen molar-refractivity contribution in [2.75, 3.05) is 18.4 Å². The van der Waals surface area contributed by atoms with Gasteiger partial charge in [-0.3, -0.25) is 9.59 Å². The predicted molar refractivity (Wildman–Crippen MR) is 108 cm³/mol. The van der Waals surface area contributed by atoms with Gasteiger partial charge in [-0.25, -0.2) is 4.39 Å². The van der Waals surface area contributed by atoms with E-state index in [0.717, 1.165) is 17.5 Å². The van der Waals surface area contributed by atoms with Crippen LogP contribution in [0.2, 0.25) is 5.02 Å². The lowest BCUT2D eigenvalue weighted by Gasteiger charge is -2.35. The number of amides is 1. The number of rotatable bonds is 3. The van der Waals surface area contributed by atoms with Crippen LogP contribution in [-0.2, 0) is 11.2 Å². The minimum atomic E-state index is -0.566. The number of aromatic amines is 1. The highest BCUT2D eigenvalue weighted by atomic mass is 35.5. The first-order valence-corrected chi connectivity index (χ1v) is 9.44. The molecule has 5 nitrogen and oxygen atoms in total. The first kappa shape index (κ1) is 18.5. The highest BCUT2D eigenvalue weighted by Crippen LogP contribution is 2.31. The Morgan fingerprint density at radius 3 is 2.96 bits per heavy atom. The Bertz CT molecular complexity index is 1130. The zero-order valence-electron chi connectivity index (χ0n) is 15.3. The largest absolute Gasteiger partial charge is 0.374 e. The maximum Gasteiger partial charge on any atom is 0.255 e. The third kappa shape index (κ3) is 3.36. The lowest BCUT2D eigenvalue weighted by Crippen LogP contribution is -2.41. The first-order valence-electron chi connectivity index (χ1n) is 9.06. The van der Waals surface area contributed by atoms with Gasteiger partial charge in [0.15, 0.2) is 0 Å². The van der Waals surface area contributed by atoms with E-state index in [0.29, 0.717) is 17.0 Å². The number of anilines is 1. The van der Waals surface area contributed by atoms with Crippen molar-refractivity contribution in [1.82, 2.24) is 9.88 Å². The van der Waals surface area contributed by atoms with Gasteiger partial charge in [-0.1, -0.05) is 17.7 Å². The molecule has 4 rings (SSSR count). The molecule has 0 fully saturated rings.